The minimum atomic E-state index is -0.751. The zero-order valence-corrected chi connectivity index (χ0v) is 10.5. The molecule has 0 heterocycles. The van der Waals surface area contributed by atoms with Crippen LogP contribution in [0, 0.1) is 0 Å². The summed E-state index contributed by atoms with van der Waals surface area (Å²) >= 11 is 0. The van der Waals surface area contributed by atoms with Gasteiger partial charge >= 0.3 is 5.97 Å². The fraction of sp³-hybridized carbons (Fsp3) is 0.429. The molecule has 1 aromatic rings. The SMILES string of the molecule is CCCCC(=O)OC(C=O)Cc1ccc(O)cc1. The first-order valence-electron chi connectivity index (χ1n) is 6.08. The summed E-state index contributed by atoms with van der Waals surface area (Å²) in [5, 5.41) is 9.14. The molecule has 0 aliphatic heterocycles. The number of aromatic hydroxyl groups is 1. The maximum Gasteiger partial charge on any atom is 0.306 e. The van der Waals surface area contributed by atoms with E-state index in [4.69, 9.17) is 9.84 Å². The van der Waals surface area contributed by atoms with Gasteiger partial charge in [0.2, 0.25) is 0 Å². The summed E-state index contributed by atoms with van der Waals surface area (Å²) in [6, 6.07) is 6.48. The van der Waals surface area contributed by atoms with E-state index in [0.29, 0.717) is 19.1 Å². The summed E-state index contributed by atoms with van der Waals surface area (Å²) < 4.78 is 5.07. The second-order valence-electron chi connectivity index (χ2n) is 4.14. The zero-order valence-electron chi connectivity index (χ0n) is 10.5. The van der Waals surface area contributed by atoms with Gasteiger partial charge in [-0.25, -0.2) is 0 Å². The first kappa shape index (κ1) is 14.2. The first-order chi connectivity index (χ1) is 8.65. The van der Waals surface area contributed by atoms with Gasteiger partial charge in [-0.05, 0) is 24.1 Å². The van der Waals surface area contributed by atoms with Crippen LogP contribution < -0.4 is 0 Å². The molecule has 1 aromatic carbocycles. The Morgan fingerprint density at radius 1 is 1.39 bits per heavy atom. The predicted octanol–water partition coefficient (Wildman–Crippen LogP) is 2.24. The number of carbonyl (C=O) groups is 2. The van der Waals surface area contributed by atoms with Crippen LogP contribution in [0.5, 0.6) is 5.75 Å². The third-order valence-electron chi connectivity index (χ3n) is 2.54. The molecule has 4 heteroatoms. The number of hydrogen-bond donors (Lipinski definition) is 1. The molecule has 98 valence electrons. The minimum absolute atomic E-state index is 0.168. The molecular weight excluding hydrogens is 232 g/mol. The average molecular weight is 250 g/mol. The van der Waals surface area contributed by atoms with Crippen LogP contribution in [0.25, 0.3) is 0 Å². The van der Waals surface area contributed by atoms with Crippen molar-refractivity contribution in [1.82, 2.24) is 0 Å². The number of benzene rings is 1. The van der Waals surface area contributed by atoms with Crippen LogP contribution in [0.4, 0.5) is 0 Å². The van der Waals surface area contributed by atoms with E-state index in [1.165, 1.54) is 12.1 Å². The van der Waals surface area contributed by atoms with Crippen molar-refractivity contribution in [2.45, 2.75) is 38.7 Å². The molecule has 18 heavy (non-hydrogen) atoms. The molecule has 0 saturated carbocycles. The van der Waals surface area contributed by atoms with E-state index < -0.39 is 6.10 Å². The van der Waals surface area contributed by atoms with Gasteiger partial charge in [0.05, 0.1) is 0 Å². The van der Waals surface area contributed by atoms with Crippen molar-refractivity contribution in [2.75, 3.05) is 0 Å². The highest BCUT2D eigenvalue weighted by molar-refractivity contribution is 5.72. The van der Waals surface area contributed by atoms with Crippen LogP contribution in [-0.2, 0) is 20.7 Å². The summed E-state index contributed by atoms with van der Waals surface area (Å²) in [5.41, 5.74) is 0.841. The highest BCUT2D eigenvalue weighted by atomic mass is 16.5. The number of aldehydes is 1. The second-order valence-corrected chi connectivity index (χ2v) is 4.14. The summed E-state index contributed by atoms with van der Waals surface area (Å²) in [6.07, 6.45) is 2.25. The van der Waals surface area contributed by atoms with E-state index in [2.05, 4.69) is 0 Å². The number of ether oxygens (including phenoxy) is 1. The van der Waals surface area contributed by atoms with Crippen LogP contribution in [0.3, 0.4) is 0 Å². The van der Waals surface area contributed by atoms with Gasteiger partial charge in [-0.1, -0.05) is 25.5 Å². The van der Waals surface area contributed by atoms with Gasteiger partial charge in [0, 0.05) is 12.8 Å². The van der Waals surface area contributed by atoms with E-state index in [0.717, 1.165) is 18.4 Å². The lowest BCUT2D eigenvalue weighted by Crippen LogP contribution is -2.21. The molecule has 4 nitrogen and oxygen atoms in total. The van der Waals surface area contributed by atoms with Gasteiger partial charge < -0.3 is 9.84 Å². The highest BCUT2D eigenvalue weighted by Gasteiger charge is 2.13. The molecule has 0 aliphatic carbocycles. The predicted molar refractivity (Wildman–Crippen MR) is 67.3 cm³/mol. The van der Waals surface area contributed by atoms with Crippen molar-refractivity contribution in [2.24, 2.45) is 0 Å². The van der Waals surface area contributed by atoms with Crippen molar-refractivity contribution in [1.29, 1.82) is 0 Å². The second kappa shape index (κ2) is 7.48. The lowest BCUT2D eigenvalue weighted by atomic mass is 10.1. The Morgan fingerprint density at radius 2 is 2.06 bits per heavy atom. The summed E-state index contributed by atoms with van der Waals surface area (Å²) in [7, 11) is 0. The van der Waals surface area contributed by atoms with E-state index in [-0.39, 0.29) is 11.7 Å². The fourth-order valence-electron chi connectivity index (χ4n) is 1.53. The number of rotatable bonds is 7. The molecule has 1 N–H and O–H groups in total. The molecule has 0 aliphatic rings. The Kier molecular flexibility index (Phi) is 5.91. The maximum atomic E-state index is 11.4. The van der Waals surface area contributed by atoms with Crippen molar-refractivity contribution in [3.63, 3.8) is 0 Å². The molecule has 1 rings (SSSR count). The molecule has 0 radical (unpaired) electrons. The number of esters is 1. The van der Waals surface area contributed by atoms with Gasteiger partial charge in [-0.15, -0.1) is 0 Å². The number of unbranched alkanes of at least 4 members (excludes halogenated alkanes) is 1. The number of phenolic OH excluding ortho intramolecular Hbond substituents is 1. The number of hydrogen-bond acceptors (Lipinski definition) is 4. The van der Waals surface area contributed by atoms with Crippen LogP contribution in [0.1, 0.15) is 31.7 Å². The van der Waals surface area contributed by atoms with E-state index in [1.54, 1.807) is 12.1 Å². The van der Waals surface area contributed by atoms with Gasteiger partial charge in [0.25, 0.3) is 0 Å². The Balaban J connectivity index is 2.49. The van der Waals surface area contributed by atoms with Crippen molar-refractivity contribution >= 4 is 12.3 Å². The molecule has 1 atom stereocenters. The van der Waals surface area contributed by atoms with Crippen LogP contribution in [0.2, 0.25) is 0 Å². The summed E-state index contributed by atoms with van der Waals surface area (Å²) in [5.74, 6) is -0.172. The molecule has 0 spiro atoms. The van der Waals surface area contributed by atoms with Gasteiger partial charge in [0.15, 0.2) is 12.4 Å². The number of phenols is 1. The van der Waals surface area contributed by atoms with Crippen molar-refractivity contribution < 1.29 is 19.4 Å². The van der Waals surface area contributed by atoms with Crippen molar-refractivity contribution in [3.05, 3.63) is 29.8 Å². The monoisotopic (exact) mass is 250 g/mol. The van der Waals surface area contributed by atoms with Gasteiger partial charge in [-0.3, -0.25) is 9.59 Å². The lowest BCUT2D eigenvalue weighted by Gasteiger charge is -2.12. The summed E-state index contributed by atoms with van der Waals surface area (Å²) in [6.45, 7) is 1.99. The highest BCUT2D eigenvalue weighted by Crippen LogP contribution is 2.12. The summed E-state index contributed by atoms with van der Waals surface area (Å²) in [4.78, 5) is 22.3. The lowest BCUT2D eigenvalue weighted by molar-refractivity contribution is -0.151. The Bertz CT molecular complexity index is 383. The minimum Gasteiger partial charge on any atom is -0.508 e. The van der Waals surface area contributed by atoms with E-state index in [9.17, 15) is 9.59 Å². The molecule has 0 amide bonds. The molecule has 0 fully saturated rings. The molecular formula is C14H18O4. The molecule has 0 bridgehead atoms. The van der Waals surface area contributed by atoms with Crippen LogP contribution in [0.15, 0.2) is 24.3 Å². The molecule has 0 aromatic heterocycles. The topological polar surface area (TPSA) is 63.6 Å². The largest absolute Gasteiger partial charge is 0.508 e. The third-order valence-corrected chi connectivity index (χ3v) is 2.54. The number of carbonyl (C=O) groups excluding carboxylic acids is 2. The molecule has 0 saturated heterocycles. The van der Waals surface area contributed by atoms with Crippen molar-refractivity contribution in [3.8, 4) is 5.75 Å². The smallest absolute Gasteiger partial charge is 0.306 e. The maximum absolute atomic E-state index is 11.4. The first-order valence-corrected chi connectivity index (χ1v) is 6.08. The molecule has 1 unspecified atom stereocenters. The quantitative estimate of drug-likeness (QED) is 0.595. The van der Waals surface area contributed by atoms with E-state index in [1.807, 2.05) is 6.92 Å². The van der Waals surface area contributed by atoms with Crippen LogP contribution in [-0.4, -0.2) is 23.5 Å². The Labute approximate surface area is 107 Å². The van der Waals surface area contributed by atoms with Gasteiger partial charge in [0.1, 0.15) is 5.75 Å². The average Bonchev–Trinajstić information content (AvgIpc) is 2.38. The fourth-order valence-corrected chi connectivity index (χ4v) is 1.53. The third kappa shape index (κ3) is 4.99. The zero-order chi connectivity index (χ0) is 13.4. The normalized spacial score (nSPS) is 11.8. The Hall–Kier alpha value is -1.84. The standard InChI is InChI=1S/C14H18O4/c1-2-3-4-14(17)18-13(10-15)9-11-5-7-12(16)8-6-11/h5-8,10,13,16H,2-4,9H2,1H3. The van der Waals surface area contributed by atoms with Gasteiger partial charge in [-0.2, -0.15) is 0 Å². The Morgan fingerprint density at radius 3 is 2.61 bits per heavy atom. The van der Waals surface area contributed by atoms with E-state index >= 15 is 0 Å². The van der Waals surface area contributed by atoms with Crippen LogP contribution >= 0.6 is 0 Å².